The summed E-state index contributed by atoms with van der Waals surface area (Å²) < 4.78 is 74.3. The maximum Gasteiger partial charge on any atom is 0.393 e. The fourth-order valence-corrected chi connectivity index (χ4v) is 17.0. The largest absolute Gasteiger partial charge is 0.393 e. The lowest BCUT2D eigenvalue weighted by atomic mass is 9.78. The zero-order chi connectivity index (χ0) is 74.7. The molecule has 0 aromatic heterocycles. The zero-order valence-corrected chi connectivity index (χ0v) is 62.0. The first-order valence-electron chi connectivity index (χ1n) is 36.8. The van der Waals surface area contributed by atoms with Crippen LogP contribution in [0.2, 0.25) is 0 Å². The molecule has 570 valence electrons. The molecule has 11 atom stereocenters. The molecular weight excluding hydrogens is 1340 g/mol. The number of fused-ring (bicyclic) bond motifs is 1. The van der Waals surface area contributed by atoms with Gasteiger partial charge in [-0.05, 0) is 113 Å². The van der Waals surface area contributed by atoms with Crippen LogP contribution < -0.4 is 16.0 Å². The maximum atomic E-state index is 16.2. The van der Waals surface area contributed by atoms with Crippen LogP contribution in [-0.2, 0) is 57.5 Å². The Morgan fingerprint density at radius 3 is 1.80 bits per heavy atom. The Morgan fingerprint density at radius 1 is 0.614 bits per heavy atom. The van der Waals surface area contributed by atoms with Crippen molar-refractivity contribution < 1.29 is 79.5 Å². The molecule has 0 bridgehead atoms. The Balaban J connectivity index is 1.29. The molecule has 12 amide bonds. The third-order valence-corrected chi connectivity index (χ3v) is 23.5. The molecule has 3 saturated heterocycles. The van der Waals surface area contributed by atoms with E-state index in [2.05, 4.69) is 16.0 Å². The highest BCUT2D eigenvalue weighted by Gasteiger charge is 2.56. The average Bonchev–Trinajstić information content (AvgIpc) is 1.70. The molecule has 0 aromatic rings. The zero-order valence-electron chi connectivity index (χ0n) is 61.2. The summed E-state index contributed by atoms with van der Waals surface area (Å²) in [6, 6.07) is -10.0. The number of likely N-dealkylation sites (tertiary alicyclic amines) is 1. The first-order valence-corrected chi connectivity index (χ1v) is 37.2. The molecule has 3 unspecified atom stereocenters. The quantitative estimate of drug-likeness (QED) is 0.160. The second-order valence-electron chi connectivity index (χ2n) is 30.9. The van der Waals surface area contributed by atoms with Gasteiger partial charge in [-0.2, -0.15) is 13.2 Å². The van der Waals surface area contributed by atoms with Crippen molar-refractivity contribution in [2.24, 2.45) is 35.5 Å². The van der Waals surface area contributed by atoms with Crippen molar-refractivity contribution in [1.82, 2.24) is 60.0 Å². The Bertz CT molecular complexity index is 2980. The number of amides is 12. The predicted octanol–water partition coefficient (Wildman–Crippen LogP) is 5.95. The van der Waals surface area contributed by atoms with E-state index in [9.17, 15) is 46.7 Å². The summed E-state index contributed by atoms with van der Waals surface area (Å²) in [4.78, 5) is 189. The highest BCUT2D eigenvalue weighted by Crippen LogP contribution is 2.44. The normalized spacial score (nSPS) is 30.2. The molecule has 0 aromatic carbocycles. The summed E-state index contributed by atoms with van der Waals surface area (Å²) >= 11 is 6.35. The second kappa shape index (κ2) is 35.4. The molecule has 3 heterocycles. The summed E-state index contributed by atoms with van der Waals surface area (Å²) in [6.45, 7) is 4.74. The molecule has 24 nitrogen and oxygen atoms in total. The van der Waals surface area contributed by atoms with E-state index < -0.39 is 199 Å². The molecule has 3 N–H and O–H groups in total. The number of likely N-dealkylation sites (N-methyl/N-ethyl adjacent to an activating group) is 7. The lowest BCUT2D eigenvalue weighted by Gasteiger charge is -2.42. The van der Waals surface area contributed by atoms with Gasteiger partial charge in [-0.25, -0.2) is 8.78 Å². The molecule has 1 spiro atoms. The number of rotatable bonds is 11. The van der Waals surface area contributed by atoms with Crippen LogP contribution in [0.5, 0.6) is 0 Å². The molecule has 7 rings (SSSR count). The monoisotopic (exact) mass is 1450 g/mol. The minimum Gasteiger partial charge on any atom is -0.343 e. The molecule has 3 aliphatic heterocycles. The number of hydrogen-bond acceptors (Lipinski definition) is 12. The van der Waals surface area contributed by atoms with E-state index in [-0.39, 0.29) is 69.6 Å². The molecular formula is C71H112ClF5N12O12. The van der Waals surface area contributed by atoms with Gasteiger partial charge in [0.05, 0.1) is 38.5 Å². The van der Waals surface area contributed by atoms with Crippen LogP contribution in [0.3, 0.4) is 0 Å². The van der Waals surface area contributed by atoms with Gasteiger partial charge >= 0.3 is 6.18 Å². The molecule has 30 heteroatoms. The van der Waals surface area contributed by atoms with E-state index in [0.29, 0.717) is 75.8 Å². The van der Waals surface area contributed by atoms with Crippen molar-refractivity contribution in [1.29, 1.82) is 0 Å². The molecule has 4 aliphatic carbocycles. The first kappa shape index (κ1) is 81.9. The number of carbonyl (C=O) groups excluding carboxylic acids is 12. The van der Waals surface area contributed by atoms with E-state index in [1.165, 1.54) is 68.9 Å². The number of hydrogen-bond donors (Lipinski definition) is 3. The Kier molecular flexibility index (Phi) is 28.7. The minimum absolute atomic E-state index is 0.00333. The molecule has 101 heavy (non-hydrogen) atoms. The van der Waals surface area contributed by atoms with Crippen molar-refractivity contribution in [2.45, 2.75) is 254 Å². The predicted molar refractivity (Wildman–Crippen MR) is 366 cm³/mol. The van der Waals surface area contributed by atoms with Crippen molar-refractivity contribution in [3.63, 3.8) is 0 Å². The van der Waals surface area contributed by atoms with Crippen LogP contribution in [0.15, 0.2) is 0 Å². The third-order valence-electron chi connectivity index (χ3n) is 23.0. The van der Waals surface area contributed by atoms with E-state index >= 15 is 32.8 Å². The van der Waals surface area contributed by atoms with Crippen molar-refractivity contribution in [3.05, 3.63) is 0 Å². The lowest BCUT2D eigenvalue weighted by Crippen LogP contribution is -2.65. The lowest BCUT2D eigenvalue weighted by molar-refractivity contribution is -0.182. The molecule has 4 saturated carbocycles. The standard InChI is InChI=1S/C71H112ClF5N12O12/c1-12-44(4)59-66(99)83(7)40-57(92)81(5)41-58(93)85(9)52(36-45-22-14-13-15-23-45)64(97)82(6)39-55(90)78-50(29-27-46-26-28-48(49(72)35-46)71(75,76)77)63(96)89-42-70(73,74)38-54(89)62(95)80-69(30-18-19-31-69)68(101)87(11)60(47-24-16-17-25-47)67(100)86(10)53(65(98)88-32-20-21-33-88)37-56(91)84(8)51(34-43(2)3)61(94)79-59/h43-54,59-60H,12-42H2,1-11H3,(H,78,90)(H,79,94)(H,80,95)/t44-,46?,48?,49?,50-,51-,52-,53-,54-,59-,60-/m0/s1. The smallest absolute Gasteiger partial charge is 0.343 e. The topological polar surface area (TPSA) is 270 Å². The fraction of sp³-hybridized carbons (Fsp3) is 0.831. The third kappa shape index (κ3) is 20.5. The van der Waals surface area contributed by atoms with Crippen LogP contribution in [0.1, 0.15) is 188 Å². The Morgan fingerprint density at radius 2 is 1.21 bits per heavy atom. The van der Waals surface area contributed by atoms with Crippen LogP contribution >= 0.6 is 11.6 Å². The van der Waals surface area contributed by atoms with Crippen LogP contribution in [-0.4, -0.2) is 269 Å². The van der Waals surface area contributed by atoms with Gasteiger partial charge in [-0.15, -0.1) is 11.6 Å². The molecule has 7 fully saturated rings. The van der Waals surface area contributed by atoms with E-state index in [1.807, 2.05) is 20.8 Å². The SMILES string of the molecule is CC[C@H](C)[C@@H]1NC(=O)[C@H](CC(C)C)N(C)C(=O)C[C@@H](C(=O)N2CCCC2)N(C)C(=O)[C@H](C2CCCC2)N(C)C(=O)C2(CCCC2)NC(=O)[C@@H]2CC(F)(F)CN2C(=O)[C@H](CCC2CCC(C(F)(F)F)C(Cl)C2)NC(=O)CN(C)C(=O)[C@H](CC2CCCCC2)N(C)C(=O)CN(C)C(=O)CN(C)C1=O. The van der Waals surface area contributed by atoms with Crippen molar-refractivity contribution >= 4 is 82.5 Å². The number of nitrogens with one attached hydrogen (secondary N) is 3. The highest BCUT2D eigenvalue weighted by atomic mass is 35.5. The van der Waals surface area contributed by atoms with E-state index in [4.69, 9.17) is 11.6 Å². The average molecular weight is 1460 g/mol. The van der Waals surface area contributed by atoms with Crippen LogP contribution in [0.4, 0.5) is 22.0 Å². The van der Waals surface area contributed by atoms with Gasteiger partial charge < -0.3 is 60.0 Å². The second-order valence-corrected chi connectivity index (χ2v) is 31.4. The Hall–Kier alpha value is -6.42. The van der Waals surface area contributed by atoms with Gasteiger partial charge in [-0.1, -0.05) is 91.9 Å². The molecule has 7 aliphatic rings. The number of alkyl halides is 6. The summed E-state index contributed by atoms with van der Waals surface area (Å²) in [5, 5.41) is 6.96. The van der Waals surface area contributed by atoms with Gasteiger partial charge in [0.15, 0.2) is 0 Å². The van der Waals surface area contributed by atoms with E-state index in [1.54, 1.807) is 11.8 Å². The first-order chi connectivity index (χ1) is 47.4. The van der Waals surface area contributed by atoms with Crippen molar-refractivity contribution in [3.8, 4) is 0 Å². The summed E-state index contributed by atoms with van der Waals surface area (Å²) in [7, 11) is 9.61. The van der Waals surface area contributed by atoms with Gasteiger partial charge in [0.1, 0.15) is 47.8 Å². The van der Waals surface area contributed by atoms with Crippen LogP contribution in [0, 0.1) is 35.5 Å². The van der Waals surface area contributed by atoms with Gasteiger partial charge in [0, 0.05) is 74.2 Å². The number of carbonyl (C=O) groups is 12. The Labute approximate surface area is 597 Å². The van der Waals surface area contributed by atoms with Crippen molar-refractivity contribution in [2.75, 3.05) is 88.6 Å². The summed E-state index contributed by atoms with van der Waals surface area (Å²) in [5.74, 6) is -16.5. The highest BCUT2D eigenvalue weighted by molar-refractivity contribution is 6.21. The van der Waals surface area contributed by atoms with Gasteiger partial charge in [-0.3, -0.25) is 57.5 Å². The maximum absolute atomic E-state index is 16.2. The molecule has 0 radical (unpaired) electrons. The fourth-order valence-electron chi connectivity index (χ4n) is 16.5. The summed E-state index contributed by atoms with van der Waals surface area (Å²) in [6.07, 6.45) is 2.00. The number of nitrogens with zero attached hydrogens (tertiary/aromatic N) is 9. The van der Waals surface area contributed by atoms with Gasteiger partial charge in [0.25, 0.3) is 5.92 Å². The number of halogens is 6. The van der Waals surface area contributed by atoms with E-state index in [0.717, 1.165) is 46.8 Å². The minimum atomic E-state index is -4.58. The van der Waals surface area contributed by atoms with Crippen LogP contribution in [0.25, 0.3) is 0 Å². The van der Waals surface area contributed by atoms with Gasteiger partial charge in [0.2, 0.25) is 70.9 Å². The summed E-state index contributed by atoms with van der Waals surface area (Å²) in [5.41, 5.74) is -1.81.